The Morgan fingerprint density at radius 3 is 2.15 bits per heavy atom. The highest BCUT2D eigenvalue weighted by Gasteiger charge is 2.24. The first-order valence-corrected chi connectivity index (χ1v) is 10.3. The molecule has 8 heteroatoms. The summed E-state index contributed by atoms with van der Waals surface area (Å²) in [6, 6.07) is 7.72. The lowest BCUT2D eigenvalue weighted by molar-refractivity contribution is -0.154. The number of sulfonamides is 1. The Labute approximate surface area is 161 Å². The summed E-state index contributed by atoms with van der Waals surface area (Å²) in [5.74, 6) is -1.14. The summed E-state index contributed by atoms with van der Waals surface area (Å²) >= 11 is 0. The minimum atomic E-state index is -3.83. The Morgan fingerprint density at radius 2 is 1.63 bits per heavy atom. The Morgan fingerprint density at radius 1 is 1.07 bits per heavy atom. The van der Waals surface area contributed by atoms with Crippen LogP contribution in [0.2, 0.25) is 0 Å². The molecule has 0 aliphatic heterocycles. The van der Waals surface area contributed by atoms with E-state index in [1.165, 1.54) is 13.0 Å². The van der Waals surface area contributed by atoms with E-state index >= 15 is 0 Å². The van der Waals surface area contributed by atoms with Crippen LogP contribution in [-0.2, 0) is 24.3 Å². The first-order chi connectivity index (χ1) is 12.5. The lowest BCUT2D eigenvalue weighted by Crippen LogP contribution is -2.45. The van der Waals surface area contributed by atoms with E-state index in [2.05, 4.69) is 4.72 Å². The van der Waals surface area contributed by atoms with E-state index < -0.39 is 28.6 Å². The van der Waals surface area contributed by atoms with Crippen molar-refractivity contribution in [1.82, 2.24) is 9.62 Å². The van der Waals surface area contributed by atoms with E-state index in [1.807, 2.05) is 33.8 Å². The van der Waals surface area contributed by atoms with Crippen molar-refractivity contribution in [2.24, 2.45) is 0 Å². The Kier molecular flexibility index (Phi) is 8.65. The van der Waals surface area contributed by atoms with Gasteiger partial charge in [-0.25, -0.2) is 8.42 Å². The molecule has 1 aromatic carbocycles. The second-order valence-corrected chi connectivity index (χ2v) is 8.29. The number of nitrogens with zero attached hydrogens (tertiary/aromatic N) is 1. The number of ether oxygens (including phenoxy) is 1. The molecule has 1 rings (SSSR count). The SMILES string of the molecule is CC(C)N(C(=O)COC(=O)[C@H](C)NS(=O)(=O)/C=C/c1ccccc1)C(C)C. The number of carbonyl (C=O) groups excluding carboxylic acids is 2. The van der Waals surface area contributed by atoms with Gasteiger partial charge in [0.25, 0.3) is 5.91 Å². The van der Waals surface area contributed by atoms with E-state index in [-0.39, 0.29) is 18.0 Å². The molecule has 1 N–H and O–H groups in total. The second-order valence-electron chi connectivity index (χ2n) is 6.69. The van der Waals surface area contributed by atoms with E-state index in [0.717, 1.165) is 5.41 Å². The largest absolute Gasteiger partial charge is 0.454 e. The normalized spacial score (nSPS) is 13.1. The average molecular weight is 397 g/mol. The first-order valence-electron chi connectivity index (χ1n) is 8.76. The molecule has 0 aromatic heterocycles. The van der Waals surface area contributed by atoms with Gasteiger partial charge in [0.2, 0.25) is 10.0 Å². The fourth-order valence-corrected chi connectivity index (χ4v) is 3.57. The smallest absolute Gasteiger partial charge is 0.324 e. The van der Waals surface area contributed by atoms with Crippen molar-refractivity contribution < 1.29 is 22.7 Å². The van der Waals surface area contributed by atoms with Gasteiger partial charge >= 0.3 is 5.97 Å². The van der Waals surface area contributed by atoms with Crippen LogP contribution in [0.4, 0.5) is 0 Å². The summed E-state index contributed by atoms with van der Waals surface area (Å²) in [6.07, 6.45) is 1.42. The summed E-state index contributed by atoms with van der Waals surface area (Å²) in [6.45, 7) is 8.42. The lowest BCUT2D eigenvalue weighted by atomic mass is 10.2. The number of carbonyl (C=O) groups is 2. The number of benzene rings is 1. The molecule has 1 amide bonds. The molecule has 1 aromatic rings. The van der Waals surface area contributed by atoms with Gasteiger partial charge in [-0.3, -0.25) is 9.59 Å². The monoisotopic (exact) mass is 396 g/mol. The standard InChI is InChI=1S/C19H28N2O5S/c1-14(2)21(15(3)4)18(22)13-26-19(23)16(5)20-27(24,25)12-11-17-9-7-6-8-10-17/h6-12,14-16,20H,13H2,1-5H3/b12-11+/t16-/m0/s1. The molecule has 0 radical (unpaired) electrons. The van der Waals surface area contributed by atoms with Gasteiger partial charge in [0.05, 0.1) is 0 Å². The van der Waals surface area contributed by atoms with Gasteiger partial charge in [-0.15, -0.1) is 0 Å². The van der Waals surface area contributed by atoms with Crippen LogP contribution in [-0.4, -0.2) is 49.9 Å². The summed E-state index contributed by atoms with van der Waals surface area (Å²) in [7, 11) is -3.83. The van der Waals surface area contributed by atoms with Gasteiger partial charge in [0.1, 0.15) is 6.04 Å². The van der Waals surface area contributed by atoms with Crippen molar-refractivity contribution in [1.29, 1.82) is 0 Å². The predicted octanol–water partition coefficient (Wildman–Crippen LogP) is 2.15. The van der Waals surface area contributed by atoms with Gasteiger partial charge in [0.15, 0.2) is 6.61 Å². The molecule has 0 bridgehead atoms. The number of amides is 1. The average Bonchev–Trinajstić information content (AvgIpc) is 2.57. The van der Waals surface area contributed by atoms with Crippen LogP contribution in [0.15, 0.2) is 35.7 Å². The molecular weight excluding hydrogens is 368 g/mol. The third kappa shape index (κ3) is 7.92. The molecule has 0 fully saturated rings. The number of hydrogen-bond acceptors (Lipinski definition) is 5. The van der Waals surface area contributed by atoms with Crippen LogP contribution in [0.3, 0.4) is 0 Å². The number of hydrogen-bond donors (Lipinski definition) is 1. The van der Waals surface area contributed by atoms with Crippen LogP contribution in [0.25, 0.3) is 6.08 Å². The topological polar surface area (TPSA) is 92.8 Å². The van der Waals surface area contributed by atoms with E-state index in [1.54, 1.807) is 29.2 Å². The number of nitrogens with one attached hydrogen (secondary N) is 1. The summed E-state index contributed by atoms with van der Waals surface area (Å²) < 4.78 is 31.3. The van der Waals surface area contributed by atoms with Crippen LogP contribution >= 0.6 is 0 Å². The number of esters is 1. The quantitative estimate of drug-likeness (QED) is 0.646. The highest BCUT2D eigenvalue weighted by molar-refractivity contribution is 7.92. The minimum Gasteiger partial charge on any atom is -0.454 e. The van der Waals surface area contributed by atoms with Crippen LogP contribution < -0.4 is 4.72 Å². The van der Waals surface area contributed by atoms with Crippen molar-refractivity contribution in [2.75, 3.05) is 6.61 Å². The number of rotatable bonds is 9. The van der Waals surface area contributed by atoms with Crippen molar-refractivity contribution in [3.05, 3.63) is 41.3 Å². The molecule has 0 aliphatic rings. The van der Waals surface area contributed by atoms with Crippen molar-refractivity contribution in [3.63, 3.8) is 0 Å². The minimum absolute atomic E-state index is 0.0322. The molecule has 0 unspecified atom stereocenters. The van der Waals surface area contributed by atoms with Crippen LogP contribution in [0, 0.1) is 0 Å². The molecule has 0 spiro atoms. The predicted molar refractivity (Wildman–Crippen MR) is 105 cm³/mol. The maximum Gasteiger partial charge on any atom is 0.324 e. The van der Waals surface area contributed by atoms with E-state index in [9.17, 15) is 18.0 Å². The summed E-state index contributed by atoms with van der Waals surface area (Å²) in [5.41, 5.74) is 0.714. The van der Waals surface area contributed by atoms with E-state index in [0.29, 0.717) is 5.56 Å². The fourth-order valence-electron chi connectivity index (χ4n) is 2.57. The van der Waals surface area contributed by atoms with E-state index in [4.69, 9.17) is 4.74 Å². The summed E-state index contributed by atoms with van der Waals surface area (Å²) in [4.78, 5) is 25.8. The third-order valence-electron chi connectivity index (χ3n) is 3.67. The van der Waals surface area contributed by atoms with Crippen LogP contribution in [0.1, 0.15) is 40.2 Å². The molecule has 150 valence electrons. The maximum atomic E-state index is 12.2. The highest BCUT2D eigenvalue weighted by Crippen LogP contribution is 2.07. The lowest BCUT2D eigenvalue weighted by Gasteiger charge is -2.30. The zero-order chi connectivity index (χ0) is 20.6. The second kappa shape index (κ2) is 10.2. The van der Waals surface area contributed by atoms with Gasteiger partial charge in [-0.05, 0) is 46.3 Å². The van der Waals surface area contributed by atoms with Gasteiger partial charge < -0.3 is 9.64 Å². The molecule has 0 saturated carbocycles. The Hall–Kier alpha value is -2.19. The Bertz CT molecular complexity index is 750. The molecule has 0 heterocycles. The molecule has 7 nitrogen and oxygen atoms in total. The molecule has 0 saturated heterocycles. The van der Waals surface area contributed by atoms with Gasteiger partial charge in [-0.1, -0.05) is 30.3 Å². The van der Waals surface area contributed by atoms with Crippen molar-refractivity contribution in [2.45, 2.75) is 52.7 Å². The summed E-state index contributed by atoms with van der Waals surface area (Å²) in [5, 5.41) is 0.983. The highest BCUT2D eigenvalue weighted by atomic mass is 32.2. The molecule has 1 atom stereocenters. The zero-order valence-corrected chi connectivity index (χ0v) is 17.2. The van der Waals surface area contributed by atoms with Gasteiger partial charge in [-0.2, -0.15) is 4.72 Å². The van der Waals surface area contributed by atoms with Crippen LogP contribution in [0.5, 0.6) is 0 Å². The Balaban J connectivity index is 2.60. The molecule has 27 heavy (non-hydrogen) atoms. The van der Waals surface area contributed by atoms with Gasteiger partial charge in [0, 0.05) is 17.5 Å². The maximum absolute atomic E-state index is 12.2. The third-order valence-corrected chi connectivity index (χ3v) is 4.85. The molecular formula is C19H28N2O5S. The molecule has 0 aliphatic carbocycles. The first kappa shape index (κ1) is 22.9. The zero-order valence-electron chi connectivity index (χ0n) is 16.4. The van der Waals surface area contributed by atoms with Crippen molar-refractivity contribution >= 4 is 28.0 Å². The van der Waals surface area contributed by atoms with Crippen molar-refractivity contribution in [3.8, 4) is 0 Å². The fraction of sp³-hybridized carbons (Fsp3) is 0.474.